The highest BCUT2D eigenvalue weighted by molar-refractivity contribution is 9.10. The highest BCUT2D eigenvalue weighted by Crippen LogP contribution is 2.26. The molecule has 0 aliphatic heterocycles. The summed E-state index contributed by atoms with van der Waals surface area (Å²) in [7, 11) is 0. The van der Waals surface area contributed by atoms with Crippen molar-refractivity contribution in [3.8, 4) is 0 Å². The molecular weight excluding hydrogens is 342 g/mol. The van der Waals surface area contributed by atoms with E-state index in [0.29, 0.717) is 21.8 Å². The summed E-state index contributed by atoms with van der Waals surface area (Å²) < 4.78 is 0.752. The largest absolute Gasteiger partial charge is 0.326 e. The van der Waals surface area contributed by atoms with Crippen LogP contribution in [0.25, 0.3) is 0 Å². The molecule has 1 N–H and O–H groups in total. The van der Waals surface area contributed by atoms with Gasteiger partial charge in [0.25, 0.3) is 0 Å². The van der Waals surface area contributed by atoms with Gasteiger partial charge in [0.2, 0.25) is 5.91 Å². The van der Waals surface area contributed by atoms with E-state index in [9.17, 15) is 9.59 Å². The summed E-state index contributed by atoms with van der Waals surface area (Å²) >= 11 is 9.37. The number of halogens is 2. The molecular formula is C15H11BrClNO2. The Hall–Kier alpha value is -1.65. The molecule has 0 fully saturated rings. The molecule has 1 amide bonds. The van der Waals surface area contributed by atoms with E-state index in [1.807, 2.05) is 0 Å². The molecule has 0 aromatic heterocycles. The van der Waals surface area contributed by atoms with E-state index in [-0.39, 0.29) is 11.7 Å². The van der Waals surface area contributed by atoms with Gasteiger partial charge >= 0.3 is 0 Å². The maximum Gasteiger partial charge on any atom is 0.221 e. The number of hydrogen-bond donors (Lipinski definition) is 1. The van der Waals surface area contributed by atoms with Crippen LogP contribution in [-0.4, -0.2) is 11.7 Å². The predicted molar refractivity (Wildman–Crippen MR) is 83.3 cm³/mol. The van der Waals surface area contributed by atoms with Crippen LogP contribution in [0.4, 0.5) is 5.69 Å². The van der Waals surface area contributed by atoms with Crippen LogP contribution in [0, 0.1) is 0 Å². The summed E-state index contributed by atoms with van der Waals surface area (Å²) in [6, 6.07) is 11.9. The second-order valence-electron chi connectivity index (χ2n) is 4.18. The topological polar surface area (TPSA) is 46.2 Å². The first-order valence-corrected chi connectivity index (χ1v) is 7.02. The van der Waals surface area contributed by atoms with E-state index in [1.54, 1.807) is 42.5 Å². The number of ketones is 1. The summed E-state index contributed by atoms with van der Waals surface area (Å²) in [6.45, 7) is 1.39. The Morgan fingerprint density at radius 1 is 1.10 bits per heavy atom. The van der Waals surface area contributed by atoms with Crippen LogP contribution in [0.3, 0.4) is 0 Å². The number of anilines is 1. The first-order chi connectivity index (χ1) is 9.49. The second kappa shape index (κ2) is 6.20. The molecule has 0 bridgehead atoms. The average molecular weight is 353 g/mol. The van der Waals surface area contributed by atoms with E-state index in [0.717, 1.165) is 4.47 Å². The third-order valence-corrected chi connectivity index (χ3v) is 3.48. The van der Waals surface area contributed by atoms with Gasteiger partial charge in [-0.05, 0) is 30.3 Å². The lowest BCUT2D eigenvalue weighted by Gasteiger charge is -2.10. The number of carbonyl (C=O) groups is 2. The molecule has 2 aromatic rings. The number of amides is 1. The molecule has 0 spiro atoms. The van der Waals surface area contributed by atoms with Crippen molar-refractivity contribution in [3.05, 3.63) is 63.1 Å². The third kappa shape index (κ3) is 3.26. The second-order valence-corrected chi connectivity index (χ2v) is 5.50. The van der Waals surface area contributed by atoms with Crippen LogP contribution in [0.5, 0.6) is 0 Å². The van der Waals surface area contributed by atoms with Gasteiger partial charge in [-0.3, -0.25) is 9.59 Å². The van der Waals surface area contributed by atoms with Crippen molar-refractivity contribution in [3.63, 3.8) is 0 Å². The quantitative estimate of drug-likeness (QED) is 0.838. The van der Waals surface area contributed by atoms with Gasteiger partial charge < -0.3 is 5.32 Å². The van der Waals surface area contributed by atoms with Crippen molar-refractivity contribution < 1.29 is 9.59 Å². The van der Waals surface area contributed by atoms with Crippen molar-refractivity contribution in [1.82, 2.24) is 0 Å². The fraction of sp³-hybridized carbons (Fsp3) is 0.0667. The Morgan fingerprint density at radius 3 is 2.45 bits per heavy atom. The maximum absolute atomic E-state index is 12.6. The Balaban J connectivity index is 2.51. The van der Waals surface area contributed by atoms with Gasteiger partial charge in [-0.15, -0.1) is 0 Å². The van der Waals surface area contributed by atoms with E-state index < -0.39 is 0 Å². The lowest BCUT2D eigenvalue weighted by molar-refractivity contribution is -0.114. The van der Waals surface area contributed by atoms with Crippen molar-refractivity contribution >= 4 is 44.9 Å². The molecule has 0 atom stereocenters. The van der Waals surface area contributed by atoms with E-state index in [4.69, 9.17) is 11.6 Å². The average Bonchev–Trinajstić information content (AvgIpc) is 2.40. The smallest absolute Gasteiger partial charge is 0.221 e. The lowest BCUT2D eigenvalue weighted by Crippen LogP contribution is -2.12. The fourth-order valence-electron chi connectivity index (χ4n) is 1.79. The molecule has 2 aromatic carbocycles. The van der Waals surface area contributed by atoms with Crippen molar-refractivity contribution in [1.29, 1.82) is 0 Å². The molecule has 0 radical (unpaired) electrons. The Bertz CT molecular complexity index is 685. The molecule has 20 heavy (non-hydrogen) atoms. The van der Waals surface area contributed by atoms with Gasteiger partial charge in [-0.2, -0.15) is 0 Å². The van der Waals surface area contributed by atoms with Crippen molar-refractivity contribution in [2.75, 3.05) is 5.32 Å². The van der Waals surface area contributed by atoms with Gasteiger partial charge in [-0.25, -0.2) is 0 Å². The molecule has 0 unspecified atom stereocenters. The molecule has 102 valence electrons. The van der Waals surface area contributed by atoms with Gasteiger partial charge in [-0.1, -0.05) is 39.7 Å². The minimum Gasteiger partial charge on any atom is -0.326 e. The number of benzene rings is 2. The first kappa shape index (κ1) is 14.8. The zero-order valence-electron chi connectivity index (χ0n) is 10.6. The number of rotatable bonds is 3. The molecule has 0 saturated heterocycles. The van der Waals surface area contributed by atoms with Crippen LogP contribution < -0.4 is 5.32 Å². The molecule has 3 nitrogen and oxygen atoms in total. The normalized spacial score (nSPS) is 10.2. The fourth-order valence-corrected chi connectivity index (χ4v) is 2.38. The predicted octanol–water partition coefficient (Wildman–Crippen LogP) is 4.29. The third-order valence-electron chi connectivity index (χ3n) is 2.66. The summed E-state index contributed by atoms with van der Waals surface area (Å²) in [4.78, 5) is 23.8. The summed E-state index contributed by atoms with van der Waals surface area (Å²) in [6.07, 6.45) is 0. The van der Waals surface area contributed by atoms with Crippen LogP contribution in [-0.2, 0) is 4.79 Å². The van der Waals surface area contributed by atoms with Gasteiger partial charge in [0.1, 0.15) is 0 Å². The molecule has 5 heteroatoms. The molecule has 0 heterocycles. The van der Waals surface area contributed by atoms with E-state index in [1.165, 1.54) is 6.92 Å². The van der Waals surface area contributed by atoms with Crippen molar-refractivity contribution in [2.24, 2.45) is 0 Å². The monoisotopic (exact) mass is 351 g/mol. The zero-order chi connectivity index (χ0) is 14.7. The molecule has 0 aliphatic carbocycles. The molecule has 0 saturated carbocycles. The minimum atomic E-state index is -0.236. The Kier molecular flexibility index (Phi) is 4.57. The highest BCUT2D eigenvalue weighted by Gasteiger charge is 2.17. The number of hydrogen-bond acceptors (Lipinski definition) is 2. The highest BCUT2D eigenvalue weighted by atomic mass is 79.9. The van der Waals surface area contributed by atoms with Crippen LogP contribution in [0.2, 0.25) is 5.02 Å². The van der Waals surface area contributed by atoms with Gasteiger partial charge in [0.05, 0.1) is 10.7 Å². The SMILES string of the molecule is CC(=O)Nc1ccc(Br)cc1C(=O)c1ccccc1Cl. The lowest BCUT2D eigenvalue weighted by atomic mass is 10.0. The first-order valence-electron chi connectivity index (χ1n) is 5.85. The Labute approximate surface area is 130 Å². The van der Waals surface area contributed by atoms with Crippen LogP contribution >= 0.6 is 27.5 Å². The van der Waals surface area contributed by atoms with Crippen LogP contribution in [0.1, 0.15) is 22.8 Å². The standard InChI is InChI=1S/C15H11BrClNO2/c1-9(19)18-14-7-6-10(16)8-12(14)15(20)11-4-2-3-5-13(11)17/h2-8H,1H3,(H,18,19). The number of carbonyl (C=O) groups excluding carboxylic acids is 2. The summed E-state index contributed by atoms with van der Waals surface area (Å²) in [5, 5.41) is 3.03. The maximum atomic E-state index is 12.6. The Morgan fingerprint density at radius 2 is 1.80 bits per heavy atom. The van der Waals surface area contributed by atoms with Crippen molar-refractivity contribution in [2.45, 2.75) is 6.92 Å². The minimum absolute atomic E-state index is 0.236. The molecule has 2 rings (SSSR count). The number of nitrogens with one attached hydrogen (secondary N) is 1. The van der Waals surface area contributed by atoms with Crippen LogP contribution in [0.15, 0.2) is 46.9 Å². The summed E-state index contributed by atoms with van der Waals surface area (Å²) in [5.41, 5.74) is 1.26. The summed E-state index contributed by atoms with van der Waals surface area (Å²) in [5.74, 6) is -0.471. The van der Waals surface area contributed by atoms with Gasteiger partial charge in [0, 0.05) is 22.5 Å². The van der Waals surface area contributed by atoms with Gasteiger partial charge in [0.15, 0.2) is 5.78 Å². The molecule has 0 aliphatic rings. The van der Waals surface area contributed by atoms with E-state index in [2.05, 4.69) is 21.2 Å². The zero-order valence-corrected chi connectivity index (χ0v) is 13.0. The van der Waals surface area contributed by atoms with E-state index >= 15 is 0 Å².